The molecule has 7 heteroatoms. The number of sulfonamides is 1. The molecule has 1 atom stereocenters. The van der Waals surface area contributed by atoms with Crippen LogP contribution in [0.5, 0.6) is 0 Å². The van der Waals surface area contributed by atoms with Crippen LogP contribution in [0.1, 0.15) is 17.3 Å². The number of nitrogens with zero attached hydrogens (tertiary/aromatic N) is 2. The minimum atomic E-state index is -3.69. The maximum absolute atomic E-state index is 12.1. The maximum Gasteiger partial charge on any atom is 0.242 e. The minimum Gasteiger partial charge on any atom is -0.323 e. The normalized spacial score (nSPS) is 12.6. The van der Waals surface area contributed by atoms with Gasteiger partial charge in [-0.3, -0.25) is 0 Å². The summed E-state index contributed by atoms with van der Waals surface area (Å²) in [6.07, 6.45) is 1.15. The molecule has 2 aromatic rings. The van der Waals surface area contributed by atoms with Crippen molar-refractivity contribution in [2.45, 2.75) is 10.9 Å². The fourth-order valence-corrected chi connectivity index (χ4v) is 2.71. The summed E-state index contributed by atoms with van der Waals surface area (Å²) in [5.74, 6) is 0. The number of hydrogen-bond donors (Lipinski definition) is 2. The van der Waals surface area contributed by atoms with Crippen LogP contribution in [0, 0.1) is 11.3 Å². The molecule has 0 spiro atoms. The van der Waals surface area contributed by atoms with E-state index in [-0.39, 0.29) is 17.1 Å². The second-order valence-corrected chi connectivity index (χ2v) is 6.13. The monoisotopic (exact) mass is 302 g/mol. The van der Waals surface area contributed by atoms with Gasteiger partial charge < -0.3 is 5.73 Å². The Labute approximate surface area is 123 Å². The van der Waals surface area contributed by atoms with E-state index in [0.29, 0.717) is 0 Å². The number of nitriles is 1. The van der Waals surface area contributed by atoms with Crippen molar-refractivity contribution in [2.24, 2.45) is 5.73 Å². The lowest BCUT2D eigenvalue weighted by Crippen LogP contribution is -2.32. The molecule has 2 rings (SSSR count). The van der Waals surface area contributed by atoms with Crippen LogP contribution < -0.4 is 10.5 Å². The van der Waals surface area contributed by atoms with Gasteiger partial charge in [0.15, 0.2) is 0 Å². The van der Waals surface area contributed by atoms with Crippen molar-refractivity contribution < 1.29 is 8.42 Å². The molecule has 3 N–H and O–H groups in total. The van der Waals surface area contributed by atoms with Crippen molar-refractivity contribution >= 4 is 10.0 Å². The van der Waals surface area contributed by atoms with Crippen LogP contribution in [0.2, 0.25) is 0 Å². The van der Waals surface area contributed by atoms with E-state index in [4.69, 9.17) is 11.0 Å². The van der Waals surface area contributed by atoms with Gasteiger partial charge in [0.25, 0.3) is 0 Å². The second-order valence-electron chi connectivity index (χ2n) is 4.36. The number of nitrogens with two attached hydrogens (primary N) is 1. The molecule has 0 bridgehead atoms. The number of benzene rings is 1. The predicted molar refractivity (Wildman–Crippen MR) is 77.5 cm³/mol. The predicted octanol–water partition coefficient (Wildman–Crippen LogP) is 0.932. The standard InChI is InChI=1S/C14H14N4O2S/c15-8-12-6-7-13(9-17-12)21(19,20)18-10-14(16)11-4-2-1-3-5-11/h1-7,9,14,18H,10,16H2. The van der Waals surface area contributed by atoms with Gasteiger partial charge in [-0.25, -0.2) is 18.1 Å². The molecule has 0 aliphatic rings. The van der Waals surface area contributed by atoms with Crippen LogP contribution in [0.25, 0.3) is 0 Å². The fourth-order valence-electron chi connectivity index (χ4n) is 1.71. The van der Waals surface area contributed by atoms with Gasteiger partial charge in [0.2, 0.25) is 10.0 Å². The summed E-state index contributed by atoms with van der Waals surface area (Å²) in [4.78, 5) is 3.74. The highest BCUT2D eigenvalue weighted by Gasteiger charge is 2.16. The summed E-state index contributed by atoms with van der Waals surface area (Å²) in [5.41, 5.74) is 6.95. The molecule has 6 nitrogen and oxygen atoms in total. The third-order valence-corrected chi connectivity index (χ3v) is 4.29. The van der Waals surface area contributed by atoms with E-state index < -0.39 is 16.1 Å². The van der Waals surface area contributed by atoms with Crippen molar-refractivity contribution in [1.82, 2.24) is 9.71 Å². The van der Waals surface area contributed by atoms with Crippen molar-refractivity contribution in [3.63, 3.8) is 0 Å². The summed E-state index contributed by atoms with van der Waals surface area (Å²) in [6.45, 7) is 0.0757. The third kappa shape index (κ3) is 3.86. The molecule has 0 amide bonds. The Morgan fingerprint density at radius 3 is 2.52 bits per heavy atom. The first-order valence-corrected chi connectivity index (χ1v) is 7.67. The first-order chi connectivity index (χ1) is 10.0. The smallest absolute Gasteiger partial charge is 0.242 e. The molecule has 1 aromatic heterocycles. The van der Waals surface area contributed by atoms with Crippen LogP contribution >= 0.6 is 0 Å². The molecule has 0 saturated heterocycles. The summed E-state index contributed by atoms with van der Waals surface area (Å²) in [5, 5.41) is 8.64. The molecule has 0 fully saturated rings. The van der Waals surface area contributed by atoms with Crippen LogP contribution in [-0.4, -0.2) is 19.9 Å². The Morgan fingerprint density at radius 1 is 1.24 bits per heavy atom. The summed E-state index contributed by atoms with van der Waals surface area (Å²) in [6, 6.07) is 13.3. The summed E-state index contributed by atoms with van der Waals surface area (Å²) < 4.78 is 26.6. The van der Waals surface area contributed by atoms with E-state index in [9.17, 15) is 8.42 Å². The summed E-state index contributed by atoms with van der Waals surface area (Å²) in [7, 11) is -3.69. The Morgan fingerprint density at radius 2 is 1.95 bits per heavy atom. The largest absolute Gasteiger partial charge is 0.323 e. The van der Waals surface area contributed by atoms with Gasteiger partial charge in [0.05, 0.1) is 0 Å². The summed E-state index contributed by atoms with van der Waals surface area (Å²) >= 11 is 0. The number of pyridine rings is 1. The molecule has 0 radical (unpaired) electrons. The van der Waals surface area contributed by atoms with Crippen molar-refractivity contribution in [3.8, 4) is 6.07 Å². The molecular weight excluding hydrogens is 288 g/mol. The quantitative estimate of drug-likeness (QED) is 0.854. The van der Waals surface area contributed by atoms with Gasteiger partial charge in [-0.2, -0.15) is 5.26 Å². The van der Waals surface area contributed by atoms with Gasteiger partial charge in [-0.05, 0) is 17.7 Å². The van der Waals surface area contributed by atoms with E-state index in [0.717, 1.165) is 11.8 Å². The van der Waals surface area contributed by atoms with E-state index >= 15 is 0 Å². The Hall–Kier alpha value is -2.27. The highest BCUT2D eigenvalue weighted by atomic mass is 32.2. The third-order valence-electron chi connectivity index (χ3n) is 2.88. The Balaban J connectivity index is 2.06. The number of aromatic nitrogens is 1. The maximum atomic E-state index is 12.1. The van der Waals surface area contributed by atoms with Gasteiger partial charge in [0.1, 0.15) is 16.7 Å². The molecule has 0 aliphatic carbocycles. The van der Waals surface area contributed by atoms with Crippen molar-refractivity contribution in [1.29, 1.82) is 5.26 Å². The van der Waals surface area contributed by atoms with E-state index in [1.807, 2.05) is 36.4 Å². The number of nitrogens with one attached hydrogen (secondary N) is 1. The first-order valence-electron chi connectivity index (χ1n) is 6.19. The SMILES string of the molecule is N#Cc1ccc(S(=O)(=O)NCC(N)c2ccccc2)cn1. The zero-order chi connectivity index (χ0) is 15.3. The van der Waals surface area contributed by atoms with Gasteiger partial charge in [0, 0.05) is 18.8 Å². The van der Waals surface area contributed by atoms with Crippen LogP contribution in [0.15, 0.2) is 53.6 Å². The van der Waals surface area contributed by atoms with Crippen LogP contribution in [0.4, 0.5) is 0 Å². The molecule has 1 aromatic carbocycles. The topological polar surface area (TPSA) is 109 Å². The second kappa shape index (κ2) is 6.45. The highest BCUT2D eigenvalue weighted by molar-refractivity contribution is 7.89. The minimum absolute atomic E-state index is 0.00163. The zero-order valence-electron chi connectivity index (χ0n) is 11.1. The van der Waals surface area contributed by atoms with E-state index in [1.54, 1.807) is 0 Å². The van der Waals surface area contributed by atoms with E-state index in [2.05, 4.69) is 9.71 Å². The lowest BCUT2D eigenvalue weighted by Gasteiger charge is -2.13. The molecule has 1 unspecified atom stereocenters. The average Bonchev–Trinajstić information content (AvgIpc) is 2.53. The van der Waals surface area contributed by atoms with Crippen LogP contribution in [-0.2, 0) is 10.0 Å². The lowest BCUT2D eigenvalue weighted by atomic mass is 10.1. The van der Waals surface area contributed by atoms with Gasteiger partial charge in [-0.1, -0.05) is 30.3 Å². The molecule has 21 heavy (non-hydrogen) atoms. The van der Waals surface area contributed by atoms with Crippen LogP contribution in [0.3, 0.4) is 0 Å². The Bertz CT molecular complexity index is 737. The fraction of sp³-hybridized carbons (Fsp3) is 0.143. The van der Waals surface area contributed by atoms with E-state index in [1.165, 1.54) is 12.1 Å². The van der Waals surface area contributed by atoms with Crippen molar-refractivity contribution in [2.75, 3.05) is 6.54 Å². The van der Waals surface area contributed by atoms with Gasteiger partial charge >= 0.3 is 0 Å². The zero-order valence-corrected chi connectivity index (χ0v) is 11.9. The lowest BCUT2D eigenvalue weighted by molar-refractivity contribution is 0.572. The average molecular weight is 302 g/mol. The molecular formula is C14H14N4O2S. The molecule has 0 aliphatic heterocycles. The Kier molecular flexibility index (Phi) is 4.65. The molecule has 0 saturated carbocycles. The number of hydrogen-bond acceptors (Lipinski definition) is 5. The van der Waals surface area contributed by atoms with Crippen molar-refractivity contribution in [3.05, 3.63) is 59.9 Å². The van der Waals surface area contributed by atoms with Gasteiger partial charge in [-0.15, -0.1) is 0 Å². The highest BCUT2D eigenvalue weighted by Crippen LogP contribution is 2.11. The number of rotatable bonds is 5. The first kappa shape index (κ1) is 15.1. The molecule has 1 heterocycles. The molecule has 108 valence electrons.